The van der Waals surface area contributed by atoms with Gasteiger partial charge in [-0.1, -0.05) is 12.1 Å². The van der Waals surface area contributed by atoms with Crippen molar-refractivity contribution < 1.29 is 19.1 Å². The lowest BCUT2D eigenvalue weighted by Crippen LogP contribution is -2.17. The number of carbonyl (C=O) groups is 2. The highest BCUT2D eigenvalue weighted by atomic mass is 16.6. The molecular formula is C17H17NO4. The molecule has 0 fully saturated rings. The molecule has 22 heavy (non-hydrogen) atoms. The molecule has 0 aliphatic carbocycles. The average Bonchev–Trinajstić information content (AvgIpc) is 2.47. The zero-order valence-corrected chi connectivity index (χ0v) is 12.5. The van der Waals surface area contributed by atoms with Crippen molar-refractivity contribution in [2.24, 2.45) is 0 Å². The van der Waals surface area contributed by atoms with E-state index in [0.717, 1.165) is 5.56 Å². The highest BCUT2D eigenvalue weighted by Gasteiger charge is 2.06. The van der Waals surface area contributed by atoms with Crippen molar-refractivity contribution in [1.29, 1.82) is 0 Å². The number of rotatable bonds is 5. The minimum Gasteiger partial charge on any atom is -0.482 e. The molecule has 0 aliphatic rings. The Hall–Kier alpha value is -2.82. The summed E-state index contributed by atoms with van der Waals surface area (Å²) in [6.45, 7) is 3.20. The zero-order valence-electron chi connectivity index (χ0n) is 12.5. The van der Waals surface area contributed by atoms with Gasteiger partial charge in [-0.2, -0.15) is 0 Å². The van der Waals surface area contributed by atoms with E-state index in [9.17, 15) is 9.59 Å². The largest absolute Gasteiger partial charge is 0.482 e. The predicted molar refractivity (Wildman–Crippen MR) is 83.1 cm³/mol. The van der Waals surface area contributed by atoms with Crippen LogP contribution in [0.15, 0.2) is 48.5 Å². The van der Waals surface area contributed by atoms with Crippen molar-refractivity contribution >= 4 is 17.6 Å². The van der Waals surface area contributed by atoms with Gasteiger partial charge in [0.1, 0.15) is 11.5 Å². The fourth-order valence-electron chi connectivity index (χ4n) is 1.82. The van der Waals surface area contributed by atoms with Gasteiger partial charge in [0.15, 0.2) is 6.61 Å². The number of anilines is 1. The van der Waals surface area contributed by atoms with Crippen molar-refractivity contribution in [1.82, 2.24) is 0 Å². The third kappa shape index (κ3) is 4.94. The highest BCUT2D eigenvalue weighted by Crippen LogP contribution is 2.16. The number of benzene rings is 2. The van der Waals surface area contributed by atoms with Crippen LogP contribution >= 0.6 is 0 Å². The van der Waals surface area contributed by atoms with Gasteiger partial charge in [0.2, 0.25) is 5.91 Å². The number of carbonyl (C=O) groups excluding carboxylic acids is 2. The summed E-state index contributed by atoms with van der Waals surface area (Å²) in [6, 6.07) is 14.0. The Morgan fingerprint density at radius 1 is 1.05 bits per heavy atom. The summed E-state index contributed by atoms with van der Waals surface area (Å²) in [7, 11) is 0. The van der Waals surface area contributed by atoms with Gasteiger partial charge in [-0.15, -0.1) is 0 Å². The molecule has 2 aromatic rings. The molecule has 114 valence electrons. The number of amides is 1. The van der Waals surface area contributed by atoms with Crippen LogP contribution in [0.1, 0.15) is 12.5 Å². The normalized spacial score (nSPS) is 9.91. The van der Waals surface area contributed by atoms with Gasteiger partial charge in [0.25, 0.3) is 0 Å². The molecule has 5 heteroatoms. The van der Waals surface area contributed by atoms with Crippen LogP contribution < -0.4 is 14.8 Å². The Labute approximate surface area is 128 Å². The molecule has 0 aliphatic heterocycles. The smallest absolute Gasteiger partial charge is 0.349 e. The lowest BCUT2D eigenvalue weighted by atomic mass is 10.2. The molecule has 0 unspecified atom stereocenters. The average molecular weight is 299 g/mol. The van der Waals surface area contributed by atoms with E-state index >= 15 is 0 Å². The first-order valence-electron chi connectivity index (χ1n) is 6.81. The van der Waals surface area contributed by atoms with Crippen molar-refractivity contribution in [3.63, 3.8) is 0 Å². The maximum absolute atomic E-state index is 11.7. The van der Waals surface area contributed by atoms with Gasteiger partial charge >= 0.3 is 5.97 Å². The summed E-state index contributed by atoms with van der Waals surface area (Å²) in [5, 5.41) is 2.63. The number of hydrogen-bond donors (Lipinski definition) is 1. The Morgan fingerprint density at radius 3 is 2.41 bits per heavy atom. The Morgan fingerprint density at radius 2 is 1.77 bits per heavy atom. The molecule has 2 aromatic carbocycles. The summed E-state index contributed by atoms with van der Waals surface area (Å²) in [5.41, 5.74) is 1.70. The van der Waals surface area contributed by atoms with Gasteiger partial charge in [-0.25, -0.2) is 4.79 Å². The Bertz CT molecular complexity index is 665. The van der Waals surface area contributed by atoms with Crippen LogP contribution in [0.4, 0.5) is 5.69 Å². The quantitative estimate of drug-likeness (QED) is 0.681. The Balaban J connectivity index is 1.85. The molecule has 1 amide bonds. The summed E-state index contributed by atoms with van der Waals surface area (Å²) >= 11 is 0. The molecule has 0 aromatic heterocycles. The number of nitrogens with one attached hydrogen (secondary N) is 1. The molecule has 2 rings (SSSR count). The van der Waals surface area contributed by atoms with Gasteiger partial charge in [0, 0.05) is 12.6 Å². The van der Waals surface area contributed by atoms with Gasteiger partial charge < -0.3 is 14.8 Å². The van der Waals surface area contributed by atoms with E-state index in [0.29, 0.717) is 17.2 Å². The van der Waals surface area contributed by atoms with Crippen molar-refractivity contribution in [2.45, 2.75) is 13.8 Å². The maximum atomic E-state index is 11.7. The number of aryl methyl sites for hydroxylation is 1. The molecule has 1 N–H and O–H groups in total. The lowest BCUT2D eigenvalue weighted by Gasteiger charge is -2.08. The van der Waals surface area contributed by atoms with Gasteiger partial charge in [0.05, 0.1) is 0 Å². The summed E-state index contributed by atoms with van der Waals surface area (Å²) in [4.78, 5) is 22.6. The SMILES string of the molecule is CC(=O)Nc1ccc(OC(=O)COc2cccc(C)c2)cc1. The van der Waals surface area contributed by atoms with E-state index in [1.165, 1.54) is 6.92 Å². The molecule has 0 radical (unpaired) electrons. The van der Waals surface area contributed by atoms with E-state index in [-0.39, 0.29) is 12.5 Å². The predicted octanol–water partition coefficient (Wildman–Crippen LogP) is 2.94. The first kappa shape index (κ1) is 15.6. The fourth-order valence-corrected chi connectivity index (χ4v) is 1.82. The minimum absolute atomic E-state index is 0.156. The monoisotopic (exact) mass is 299 g/mol. The van der Waals surface area contributed by atoms with E-state index in [2.05, 4.69) is 5.32 Å². The molecule has 5 nitrogen and oxygen atoms in total. The number of ether oxygens (including phenoxy) is 2. The number of esters is 1. The van der Waals surface area contributed by atoms with E-state index in [4.69, 9.17) is 9.47 Å². The maximum Gasteiger partial charge on any atom is 0.349 e. The third-order valence-corrected chi connectivity index (χ3v) is 2.75. The molecule has 0 saturated heterocycles. The second-order valence-corrected chi connectivity index (χ2v) is 4.78. The standard InChI is InChI=1S/C17H17NO4/c1-12-4-3-5-16(10-12)21-11-17(20)22-15-8-6-14(7-9-15)18-13(2)19/h3-10H,11H2,1-2H3,(H,18,19). The second kappa shape index (κ2) is 7.26. The molecule has 0 saturated carbocycles. The van der Waals surface area contributed by atoms with Crippen LogP contribution in [0.25, 0.3) is 0 Å². The fraction of sp³-hybridized carbons (Fsp3) is 0.176. The summed E-state index contributed by atoms with van der Waals surface area (Å²) < 4.78 is 10.5. The summed E-state index contributed by atoms with van der Waals surface area (Å²) in [5.74, 6) is 0.370. The zero-order chi connectivity index (χ0) is 15.9. The molecule has 0 spiro atoms. The van der Waals surface area contributed by atoms with Crippen LogP contribution in [-0.2, 0) is 9.59 Å². The highest BCUT2D eigenvalue weighted by molar-refractivity contribution is 5.88. The van der Waals surface area contributed by atoms with Crippen molar-refractivity contribution in [3.05, 3.63) is 54.1 Å². The second-order valence-electron chi connectivity index (χ2n) is 4.78. The van der Waals surface area contributed by atoms with E-state index in [1.807, 2.05) is 25.1 Å². The summed E-state index contributed by atoms with van der Waals surface area (Å²) in [6.07, 6.45) is 0. The van der Waals surface area contributed by atoms with Gasteiger partial charge in [-0.05, 0) is 48.9 Å². The Kier molecular flexibility index (Phi) is 5.14. The molecule has 0 heterocycles. The van der Waals surface area contributed by atoms with Gasteiger partial charge in [-0.3, -0.25) is 4.79 Å². The van der Waals surface area contributed by atoms with Crippen LogP contribution in [-0.4, -0.2) is 18.5 Å². The van der Waals surface area contributed by atoms with Crippen molar-refractivity contribution in [2.75, 3.05) is 11.9 Å². The third-order valence-electron chi connectivity index (χ3n) is 2.75. The number of hydrogen-bond acceptors (Lipinski definition) is 4. The van der Waals surface area contributed by atoms with Crippen LogP contribution in [0.2, 0.25) is 0 Å². The molecule has 0 atom stereocenters. The molecule has 0 bridgehead atoms. The van der Waals surface area contributed by atoms with Crippen molar-refractivity contribution in [3.8, 4) is 11.5 Å². The van der Waals surface area contributed by atoms with Crippen LogP contribution in [0, 0.1) is 6.92 Å². The van der Waals surface area contributed by atoms with Crippen LogP contribution in [0.5, 0.6) is 11.5 Å². The minimum atomic E-state index is -0.492. The van der Waals surface area contributed by atoms with E-state index in [1.54, 1.807) is 30.3 Å². The van der Waals surface area contributed by atoms with Crippen LogP contribution in [0.3, 0.4) is 0 Å². The lowest BCUT2D eigenvalue weighted by molar-refractivity contribution is -0.136. The van der Waals surface area contributed by atoms with E-state index < -0.39 is 5.97 Å². The topological polar surface area (TPSA) is 64.6 Å². The first-order chi connectivity index (χ1) is 10.5. The first-order valence-corrected chi connectivity index (χ1v) is 6.81. The molecular weight excluding hydrogens is 282 g/mol.